The maximum absolute atomic E-state index is 12.4. The number of nitrogens with two attached hydrogens (primary N) is 1. The van der Waals surface area contributed by atoms with Crippen molar-refractivity contribution >= 4 is 15.9 Å². The van der Waals surface area contributed by atoms with Gasteiger partial charge in [-0.1, -0.05) is 12.8 Å². The van der Waals surface area contributed by atoms with Gasteiger partial charge in [-0.05, 0) is 32.2 Å². The molecule has 0 bridgehead atoms. The SMILES string of the molecule is Cc1oc(C(=O)NC2CCCCC2CN)cc1S(=O)(=O)N(C)C. The van der Waals surface area contributed by atoms with Crippen LogP contribution in [0.5, 0.6) is 0 Å². The smallest absolute Gasteiger partial charge is 0.287 e. The minimum Gasteiger partial charge on any atom is -0.455 e. The van der Waals surface area contributed by atoms with E-state index in [4.69, 9.17) is 10.2 Å². The second-order valence-electron chi connectivity index (χ2n) is 6.18. The van der Waals surface area contributed by atoms with Gasteiger partial charge in [0.2, 0.25) is 10.0 Å². The van der Waals surface area contributed by atoms with E-state index in [0.717, 1.165) is 30.0 Å². The van der Waals surface area contributed by atoms with Crippen LogP contribution in [0.2, 0.25) is 0 Å². The van der Waals surface area contributed by atoms with Crippen molar-refractivity contribution in [2.75, 3.05) is 20.6 Å². The molecule has 1 aromatic rings. The standard InChI is InChI=1S/C15H25N3O4S/c1-10-14(23(20,21)18(2)3)8-13(22-10)15(19)17-12-7-5-4-6-11(12)9-16/h8,11-12H,4-7,9,16H2,1-3H3,(H,17,19). The van der Waals surface area contributed by atoms with Crippen LogP contribution in [-0.2, 0) is 10.0 Å². The minimum atomic E-state index is -3.63. The van der Waals surface area contributed by atoms with Crippen molar-refractivity contribution in [3.8, 4) is 0 Å². The molecule has 1 fully saturated rings. The van der Waals surface area contributed by atoms with Crippen LogP contribution in [0.1, 0.15) is 42.0 Å². The monoisotopic (exact) mass is 343 g/mol. The molecule has 130 valence electrons. The average molecular weight is 343 g/mol. The van der Waals surface area contributed by atoms with E-state index < -0.39 is 15.9 Å². The van der Waals surface area contributed by atoms with Gasteiger partial charge in [0.25, 0.3) is 5.91 Å². The molecule has 1 heterocycles. The third-order valence-corrected chi connectivity index (χ3v) is 6.31. The predicted molar refractivity (Wildman–Crippen MR) is 86.6 cm³/mol. The maximum Gasteiger partial charge on any atom is 0.287 e. The van der Waals surface area contributed by atoms with Gasteiger partial charge in [-0.25, -0.2) is 12.7 Å². The first-order chi connectivity index (χ1) is 10.8. The normalized spacial score (nSPS) is 22.3. The quantitative estimate of drug-likeness (QED) is 0.832. The van der Waals surface area contributed by atoms with Crippen LogP contribution in [0.25, 0.3) is 0 Å². The molecule has 23 heavy (non-hydrogen) atoms. The number of carbonyl (C=O) groups is 1. The van der Waals surface area contributed by atoms with E-state index in [1.54, 1.807) is 0 Å². The molecule has 2 atom stereocenters. The fraction of sp³-hybridized carbons (Fsp3) is 0.667. The highest BCUT2D eigenvalue weighted by Crippen LogP contribution is 2.25. The van der Waals surface area contributed by atoms with Crippen LogP contribution in [0.4, 0.5) is 0 Å². The van der Waals surface area contributed by atoms with Crippen LogP contribution >= 0.6 is 0 Å². The summed E-state index contributed by atoms with van der Waals surface area (Å²) in [6.45, 7) is 2.07. The van der Waals surface area contributed by atoms with Crippen LogP contribution in [0, 0.1) is 12.8 Å². The van der Waals surface area contributed by atoms with E-state index in [1.165, 1.54) is 27.1 Å². The fourth-order valence-electron chi connectivity index (χ4n) is 2.95. The topological polar surface area (TPSA) is 106 Å². The number of amides is 1. The zero-order valence-electron chi connectivity index (χ0n) is 13.8. The molecule has 0 aliphatic heterocycles. The second-order valence-corrected chi connectivity index (χ2v) is 8.30. The zero-order valence-corrected chi connectivity index (χ0v) is 14.6. The summed E-state index contributed by atoms with van der Waals surface area (Å²) in [4.78, 5) is 12.4. The number of nitrogens with one attached hydrogen (secondary N) is 1. The molecule has 1 aliphatic carbocycles. The summed E-state index contributed by atoms with van der Waals surface area (Å²) >= 11 is 0. The summed E-state index contributed by atoms with van der Waals surface area (Å²) in [5.41, 5.74) is 5.77. The van der Waals surface area contributed by atoms with Gasteiger partial charge in [0.15, 0.2) is 5.76 Å². The van der Waals surface area contributed by atoms with Gasteiger partial charge >= 0.3 is 0 Å². The molecule has 8 heteroatoms. The summed E-state index contributed by atoms with van der Waals surface area (Å²) in [6, 6.07) is 1.31. The lowest BCUT2D eigenvalue weighted by Crippen LogP contribution is -2.44. The lowest BCUT2D eigenvalue weighted by atomic mass is 9.84. The van der Waals surface area contributed by atoms with Gasteiger partial charge in [0, 0.05) is 26.2 Å². The minimum absolute atomic E-state index is 0.0144. The van der Waals surface area contributed by atoms with E-state index in [0.29, 0.717) is 6.54 Å². The fourth-order valence-corrected chi connectivity index (χ4v) is 4.00. The van der Waals surface area contributed by atoms with Crippen molar-refractivity contribution in [1.29, 1.82) is 0 Å². The molecular weight excluding hydrogens is 318 g/mol. The van der Waals surface area contributed by atoms with Gasteiger partial charge in [0.1, 0.15) is 10.7 Å². The van der Waals surface area contributed by atoms with Crippen LogP contribution < -0.4 is 11.1 Å². The summed E-state index contributed by atoms with van der Waals surface area (Å²) in [5, 5.41) is 2.94. The van der Waals surface area contributed by atoms with Gasteiger partial charge in [-0.2, -0.15) is 0 Å². The Morgan fingerprint density at radius 2 is 2.04 bits per heavy atom. The highest BCUT2D eigenvalue weighted by molar-refractivity contribution is 7.89. The number of carbonyl (C=O) groups excluding carboxylic acids is 1. The average Bonchev–Trinajstić information content (AvgIpc) is 2.90. The molecule has 1 saturated carbocycles. The molecule has 1 aliphatic rings. The predicted octanol–water partition coefficient (Wildman–Crippen LogP) is 1.09. The van der Waals surface area contributed by atoms with Gasteiger partial charge in [-0.15, -0.1) is 0 Å². The van der Waals surface area contributed by atoms with Crippen molar-refractivity contribution in [2.45, 2.75) is 43.5 Å². The third kappa shape index (κ3) is 3.76. The summed E-state index contributed by atoms with van der Waals surface area (Å²) < 4.78 is 30.9. The Morgan fingerprint density at radius 1 is 1.39 bits per heavy atom. The highest BCUT2D eigenvalue weighted by atomic mass is 32.2. The van der Waals surface area contributed by atoms with E-state index in [1.807, 2.05) is 0 Å². The summed E-state index contributed by atoms with van der Waals surface area (Å²) in [5.74, 6) is 0.0968. The molecule has 2 rings (SSSR count). The second kappa shape index (κ2) is 7.02. The Kier molecular flexibility index (Phi) is 5.49. The Balaban J connectivity index is 2.18. The molecule has 2 unspecified atom stereocenters. The number of aryl methyl sites for hydroxylation is 1. The lowest BCUT2D eigenvalue weighted by molar-refractivity contribution is 0.0878. The number of hydrogen-bond donors (Lipinski definition) is 2. The van der Waals surface area contributed by atoms with Crippen molar-refractivity contribution in [3.05, 3.63) is 17.6 Å². The molecule has 7 nitrogen and oxygen atoms in total. The van der Waals surface area contributed by atoms with Crippen LogP contribution in [-0.4, -0.2) is 45.3 Å². The van der Waals surface area contributed by atoms with Gasteiger partial charge < -0.3 is 15.5 Å². The Hall–Kier alpha value is -1.38. The maximum atomic E-state index is 12.4. The molecule has 0 saturated heterocycles. The van der Waals surface area contributed by atoms with E-state index in [2.05, 4.69) is 5.32 Å². The highest BCUT2D eigenvalue weighted by Gasteiger charge is 2.29. The Morgan fingerprint density at radius 3 is 2.65 bits per heavy atom. The number of rotatable bonds is 5. The number of nitrogens with zero attached hydrogens (tertiary/aromatic N) is 1. The van der Waals surface area contributed by atoms with E-state index in [9.17, 15) is 13.2 Å². The molecular formula is C15H25N3O4S. The summed E-state index contributed by atoms with van der Waals surface area (Å²) in [6.07, 6.45) is 4.06. The van der Waals surface area contributed by atoms with Gasteiger partial charge in [0.05, 0.1) is 0 Å². The van der Waals surface area contributed by atoms with Crippen molar-refractivity contribution in [1.82, 2.24) is 9.62 Å². The summed E-state index contributed by atoms with van der Waals surface area (Å²) in [7, 11) is -0.749. The molecule has 1 aromatic heterocycles. The molecule has 0 radical (unpaired) electrons. The Bertz CT molecular complexity index is 666. The number of furan rings is 1. The lowest BCUT2D eigenvalue weighted by Gasteiger charge is -2.30. The first-order valence-electron chi connectivity index (χ1n) is 7.81. The van der Waals surface area contributed by atoms with Gasteiger partial charge in [-0.3, -0.25) is 4.79 Å². The molecule has 1 amide bonds. The van der Waals surface area contributed by atoms with Crippen LogP contribution in [0.15, 0.2) is 15.4 Å². The molecule has 0 spiro atoms. The number of hydrogen-bond acceptors (Lipinski definition) is 5. The molecule has 3 N–H and O–H groups in total. The van der Waals surface area contributed by atoms with Crippen molar-refractivity contribution in [2.24, 2.45) is 11.7 Å². The van der Waals surface area contributed by atoms with Crippen molar-refractivity contribution in [3.63, 3.8) is 0 Å². The Labute approximate surface area is 137 Å². The first-order valence-corrected chi connectivity index (χ1v) is 9.25. The van der Waals surface area contributed by atoms with Crippen LogP contribution in [0.3, 0.4) is 0 Å². The largest absolute Gasteiger partial charge is 0.455 e. The van der Waals surface area contributed by atoms with Crippen molar-refractivity contribution < 1.29 is 17.6 Å². The van der Waals surface area contributed by atoms with E-state index in [-0.39, 0.29) is 28.4 Å². The zero-order chi connectivity index (χ0) is 17.2. The van der Waals surface area contributed by atoms with E-state index >= 15 is 0 Å². The third-order valence-electron chi connectivity index (χ3n) is 4.38. The number of sulfonamides is 1. The molecule has 0 aromatic carbocycles. The first kappa shape index (κ1) is 18.0.